The molecule has 0 unspecified atom stereocenters. The molecule has 3 N–H and O–H groups in total. The zero-order valence-corrected chi connectivity index (χ0v) is 14.5. The zero-order valence-electron chi connectivity index (χ0n) is 13.7. The smallest absolute Gasteiger partial charge is 0.262 e. The lowest BCUT2D eigenvalue weighted by molar-refractivity contribution is -0.118. The van der Waals surface area contributed by atoms with Gasteiger partial charge in [-0.15, -0.1) is 12.4 Å². The van der Waals surface area contributed by atoms with Gasteiger partial charge in [-0.1, -0.05) is 18.2 Å². The van der Waals surface area contributed by atoms with Gasteiger partial charge in [0.2, 0.25) is 0 Å². The van der Waals surface area contributed by atoms with Gasteiger partial charge in [0.1, 0.15) is 11.4 Å². The third kappa shape index (κ3) is 3.39. The number of fused-ring (bicyclic) bond motifs is 3. The van der Waals surface area contributed by atoms with Crippen molar-refractivity contribution in [2.45, 2.75) is 19.4 Å². The maximum absolute atomic E-state index is 11.7. The Morgan fingerprint density at radius 3 is 2.92 bits per heavy atom. The van der Waals surface area contributed by atoms with Crippen molar-refractivity contribution in [3.8, 4) is 5.75 Å². The predicted molar refractivity (Wildman–Crippen MR) is 101 cm³/mol. The van der Waals surface area contributed by atoms with Crippen LogP contribution in [0.4, 0.5) is 11.4 Å². The lowest BCUT2D eigenvalue weighted by atomic mass is 10.0. The van der Waals surface area contributed by atoms with Crippen molar-refractivity contribution in [3.63, 3.8) is 0 Å². The van der Waals surface area contributed by atoms with Crippen LogP contribution in [0.25, 0.3) is 10.9 Å². The molecule has 1 atom stereocenters. The minimum Gasteiger partial charge on any atom is -0.481 e. The van der Waals surface area contributed by atoms with Gasteiger partial charge in [0, 0.05) is 17.1 Å². The Hall–Kier alpha value is -2.73. The summed E-state index contributed by atoms with van der Waals surface area (Å²) in [5, 5.41) is 14.3. The Morgan fingerprint density at radius 2 is 2.12 bits per heavy atom. The van der Waals surface area contributed by atoms with E-state index in [1.54, 1.807) is 6.20 Å². The number of nitrogens with zero attached hydrogens (tertiary/aromatic N) is 1. The highest BCUT2D eigenvalue weighted by Gasteiger charge is 2.24. The predicted octanol–water partition coefficient (Wildman–Crippen LogP) is 3.36. The van der Waals surface area contributed by atoms with Crippen LogP contribution in [0, 0.1) is 0 Å². The van der Waals surface area contributed by atoms with Gasteiger partial charge < -0.3 is 15.4 Å². The first-order chi connectivity index (χ1) is 11.7. The summed E-state index contributed by atoms with van der Waals surface area (Å²) in [4.78, 5) is 11.7. The fourth-order valence-electron chi connectivity index (χ4n) is 3.08. The molecule has 7 heteroatoms. The van der Waals surface area contributed by atoms with E-state index in [1.807, 2.05) is 30.3 Å². The fourth-order valence-corrected chi connectivity index (χ4v) is 3.08. The molecular formula is C18H19ClN4O2. The number of nitrogens with one attached hydrogen (secondary N) is 3. The molecule has 1 aliphatic rings. The van der Waals surface area contributed by atoms with Gasteiger partial charge in [-0.2, -0.15) is 5.10 Å². The van der Waals surface area contributed by atoms with Gasteiger partial charge in [-0.25, -0.2) is 0 Å². The van der Waals surface area contributed by atoms with Crippen LogP contribution < -0.4 is 15.4 Å². The van der Waals surface area contributed by atoms with Crippen LogP contribution in [0.15, 0.2) is 42.6 Å². The molecule has 0 saturated carbocycles. The average molecular weight is 359 g/mol. The number of aromatic nitrogens is 2. The first-order valence-corrected chi connectivity index (χ1v) is 7.94. The molecule has 130 valence electrons. The molecule has 0 fully saturated rings. The van der Waals surface area contributed by atoms with Gasteiger partial charge in [0.25, 0.3) is 5.91 Å². The fraction of sp³-hybridized carbons (Fsp3) is 0.222. The number of para-hydroxylation sites is 1. The summed E-state index contributed by atoms with van der Waals surface area (Å²) in [6.45, 7) is 2.17. The van der Waals surface area contributed by atoms with Gasteiger partial charge in [0.15, 0.2) is 6.61 Å². The van der Waals surface area contributed by atoms with E-state index in [0.29, 0.717) is 5.69 Å². The lowest BCUT2D eigenvalue weighted by Crippen LogP contribution is -2.27. The van der Waals surface area contributed by atoms with Crippen LogP contribution in [0.5, 0.6) is 5.75 Å². The minimum atomic E-state index is -0.147. The highest BCUT2D eigenvalue weighted by atomic mass is 35.5. The van der Waals surface area contributed by atoms with Gasteiger partial charge in [0.05, 0.1) is 11.7 Å². The summed E-state index contributed by atoms with van der Waals surface area (Å²) in [6, 6.07) is 12.4. The second kappa shape index (κ2) is 7.03. The van der Waals surface area contributed by atoms with Crippen LogP contribution in [-0.2, 0) is 11.2 Å². The normalized spacial score (nSPS) is 14.0. The van der Waals surface area contributed by atoms with Crippen molar-refractivity contribution >= 4 is 40.6 Å². The topological polar surface area (TPSA) is 79.0 Å². The summed E-state index contributed by atoms with van der Waals surface area (Å²) < 4.78 is 5.71. The molecule has 4 rings (SSSR count). The number of benzene rings is 2. The number of halogens is 1. The van der Waals surface area contributed by atoms with Crippen LogP contribution in [-0.4, -0.2) is 28.8 Å². The van der Waals surface area contributed by atoms with E-state index in [1.165, 1.54) is 0 Å². The van der Waals surface area contributed by atoms with Crippen molar-refractivity contribution in [3.05, 3.63) is 48.2 Å². The molecular weight excluding hydrogens is 340 g/mol. The van der Waals surface area contributed by atoms with Crippen molar-refractivity contribution < 1.29 is 9.53 Å². The van der Waals surface area contributed by atoms with Crippen molar-refractivity contribution in [2.24, 2.45) is 0 Å². The third-order valence-electron chi connectivity index (χ3n) is 4.09. The standard InChI is InChI=1S/C18H18N4O2.ClH/c1-11(20-14-5-3-2-4-6-14)7-12-8-13-9-19-22-16(13)17-18(12)24-10-15(23)21-17;/h2-6,8-9,11,20H,7,10H2,1H3,(H,19,22)(H,21,23);1H/t11-;/m0./s1. The average Bonchev–Trinajstić information content (AvgIpc) is 3.04. The molecule has 1 aromatic heterocycles. The monoisotopic (exact) mass is 358 g/mol. The number of carbonyl (C=O) groups is 1. The Morgan fingerprint density at radius 1 is 1.32 bits per heavy atom. The minimum absolute atomic E-state index is 0. The van der Waals surface area contributed by atoms with E-state index in [9.17, 15) is 4.79 Å². The first kappa shape index (κ1) is 17.1. The summed E-state index contributed by atoms with van der Waals surface area (Å²) in [6.07, 6.45) is 2.53. The van der Waals surface area contributed by atoms with E-state index < -0.39 is 0 Å². The maximum Gasteiger partial charge on any atom is 0.262 e. The third-order valence-corrected chi connectivity index (χ3v) is 4.09. The van der Waals surface area contributed by atoms with Crippen molar-refractivity contribution in [1.29, 1.82) is 0 Å². The van der Waals surface area contributed by atoms with Crippen LogP contribution >= 0.6 is 12.4 Å². The number of hydrogen-bond donors (Lipinski definition) is 3. The highest BCUT2D eigenvalue weighted by Crippen LogP contribution is 2.38. The van der Waals surface area contributed by atoms with E-state index in [0.717, 1.165) is 34.3 Å². The van der Waals surface area contributed by atoms with Crippen LogP contribution in [0.2, 0.25) is 0 Å². The van der Waals surface area contributed by atoms with Gasteiger partial charge in [-0.05, 0) is 37.1 Å². The number of rotatable bonds is 4. The summed E-state index contributed by atoms with van der Waals surface area (Å²) in [5.41, 5.74) is 3.61. The van der Waals surface area contributed by atoms with Crippen molar-refractivity contribution in [2.75, 3.05) is 17.2 Å². The first-order valence-electron chi connectivity index (χ1n) is 7.94. The van der Waals surface area contributed by atoms with Gasteiger partial charge in [-0.3, -0.25) is 9.89 Å². The molecule has 25 heavy (non-hydrogen) atoms. The molecule has 6 nitrogen and oxygen atoms in total. The second-order valence-electron chi connectivity index (χ2n) is 6.03. The summed E-state index contributed by atoms with van der Waals surface area (Å²) >= 11 is 0. The summed E-state index contributed by atoms with van der Waals surface area (Å²) in [5.74, 6) is 0.582. The van der Waals surface area contributed by atoms with Crippen LogP contribution in [0.3, 0.4) is 0 Å². The van der Waals surface area contributed by atoms with Crippen LogP contribution in [0.1, 0.15) is 12.5 Å². The number of anilines is 2. The molecule has 2 aromatic carbocycles. The Balaban J connectivity index is 0.00000182. The summed E-state index contributed by atoms with van der Waals surface area (Å²) in [7, 11) is 0. The molecule has 0 radical (unpaired) electrons. The number of hydrogen-bond acceptors (Lipinski definition) is 4. The van der Waals surface area contributed by atoms with Gasteiger partial charge >= 0.3 is 0 Å². The van der Waals surface area contributed by atoms with E-state index in [2.05, 4.69) is 33.8 Å². The molecule has 1 aliphatic heterocycles. The number of amides is 1. The molecule has 0 aliphatic carbocycles. The zero-order chi connectivity index (χ0) is 16.5. The number of H-pyrrole nitrogens is 1. The van der Waals surface area contributed by atoms with E-state index in [-0.39, 0.29) is 31.0 Å². The molecule has 0 bridgehead atoms. The number of aromatic amines is 1. The second-order valence-corrected chi connectivity index (χ2v) is 6.03. The van der Waals surface area contributed by atoms with E-state index >= 15 is 0 Å². The Kier molecular flexibility index (Phi) is 4.81. The molecule has 1 amide bonds. The number of ether oxygens (including phenoxy) is 1. The maximum atomic E-state index is 11.7. The van der Waals surface area contributed by atoms with E-state index in [4.69, 9.17) is 4.74 Å². The Labute approximate surface area is 151 Å². The number of carbonyl (C=O) groups excluding carboxylic acids is 1. The molecule has 3 aromatic rings. The lowest BCUT2D eigenvalue weighted by Gasteiger charge is -2.23. The SMILES string of the molecule is C[C@@H](Cc1cc2cn[nH]c2c2c1OCC(=O)N2)Nc1ccccc1.Cl. The Bertz CT molecular complexity index is 895. The molecule has 0 saturated heterocycles. The molecule has 2 heterocycles. The molecule has 0 spiro atoms. The van der Waals surface area contributed by atoms with Crippen molar-refractivity contribution in [1.82, 2.24) is 10.2 Å². The quantitative estimate of drug-likeness (QED) is 0.668. The highest BCUT2D eigenvalue weighted by molar-refractivity contribution is 6.05. The largest absolute Gasteiger partial charge is 0.481 e.